The summed E-state index contributed by atoms with van der Waals surface area (Å²) in [5.74, 6) is -0.333. The predicted molar refractivity (Wildman–Crippen MR) is 87.1 cm³/mol. The van der Waals surface area contributed by atoms with Crippen LogP contribution in [0.4, 0.5) is 10.1 Å². The van der Waals surface area contributed by atoms with Crippen LogP contribution in [0.3, 0.4) is 0 Å². The number of nitrogens with zero attached hydrogens (tertiary/aromatic N) is 2. The van der Waals surface area contributed by atoms with Crippen LogP contribution in [0, 0.1) is 18.7 Å². The van der Waals surface area contributed by atoms with Crippen molar-refractivity contribution in [1.29, 1.82) is 0 Å². The zero-order valence-corrected chi connectivity index (χ0v) is 13.3. The largest absolute Gasteiger partial charge is 0.323 e. The Balaban J connectivity index is 1.77. The second-order valence-corrected chi connectivity index (χ2v) is 6.07. The standard InChI is InChI=1S/C17H21FN4O/c1-11-9-13(7-8-19-11)17(23)21-15-10-20-22(12(15)2)16-6-4-3-5-14(16)18/h3-6,10-11,13,19H,7-9H2,1-2H3,(H,21,23)/t11-,13-/m0/s1. The van der Waals surface area contributed by atoms with Crippen molar-refractivity contribution >= 4 is 11.6 Å². The molecule has 1 fully saturated rings. The number of nitrogens with one attached hydrogen (secondary N) is 2. The predicted octanol–water partition coefficient (Wildman–Crippen LogP) is 2.65. The molecular formula is C17H21FN4O. The molecule has 0 aliphatic carbocycles. The minimum Gasteiger partial charge on any atom is -0.323 e. The Kier molecular flexibility index (Phi) is 4.43. The van der Waals surface area contributed by atoms with Gasteiger partial charge in [-0.25, -0.2) is 9.07 Å². The molecule has 122 valence electrons. The first-order valence-electron chi connectivity index (χ1n) is 7.90. The highest BCUT2D eigenvalue weighted by Gasteiger charge is 2.25. The summed E-state index contributed by atoms with van der Waals surface area (Å²) < 4.78 is 15.4. The van der Waals surface area contributed by atoms with Crippen LogP contribution in [0.15, 0.2) is 30.5 Å². The molecule has 3 rings (SSSR count). The fourth-order valence-electron chi connectivity index (χ4n) is 3.00. The van der Waals surface area contributed by atoms with E-state index in [1.807, 2.05) is 6.92 Å². The number of hydrogen-bond donors (Lipinski definition) is 2. The molecule has 6 heteroatoms. The molecule has 23 heavy (non-hydrogen) atoms. The smallest absolute Gasteiger partial charge is 0.227 e. The molecule has 2 N–H and O–H groups in total. The van der Waals surface area contributed by atoms with Crippen molar-refractivity contribution in [2.45, 2.75) is 32.7 Å². The molecule has 2 heterocycles. The molecule has 0 spiro atoms. The number of halogens is 1. The first-order chi connectivity index (χ1) is 11.1. The first kappa shape index (κ1) is 15.7. The Morgan fingerprint density at radius 3 is 2.96 bits per heavy atom. The van der Waals surface area contributed by atoms with E-state index >= 15 is 0 Å². The second kappa shape index (κ2) is 6.50. The van der Waals surface area contributed by atoms with Crippen LogP contribution in [0.25, 0.3) is 5.69 Å². The van der Waals surface area contributed by atoms with Crippen molar-refractivity contribution in [3.05, 3.63) is 42.0 Å². The zero-order chi connectivity index (χ0) is 16.4. The van der Waals surface area contributed by atoms with Gasteiger partial charge in [-0.2, -0.15) is 5.10 Å². The molecule has 2 atom stereocenters. The number of carbonyl (C=O) groups is 1. The summed E-state index contributed by atoms with van der Waals surface area (Å²) in [5, 5.41) is 10.5. The van der Waals surface area contributed by atoms with Gasteiger partial charge >= 0.3 is 0 Å². The number of anilines is 1. The van der Waals surface area contributed by atoms with Gasteiger partial charge in [0.1, 0.15) is 11.5 Å². The minimum absolute atomic E-state index is 0.00228. The van der Waals surface area contributed by atoms with Crippen LogP contribution in [0.5, 0.6) is 0 Å². The first-order valence-corrected chi connectivity index (χ1v) is 7.90. The highest BCUT2D eigenvalue weighted by Crippen LogP contribution is 2.23. The summed E-state index contributed by atoms with van der Waals surface area (Å²) in [6, 6.07) is 6.80. The monoisotopic (exact) mass is 316 g/mol. The molecule has 1 saturated heterocycles. The average molecular weight is 316 g/mol. The summed E-state index contributed by atoms with van der Waals surface area (Å²) in [5.41, 5.74) is 1.72. The maximum atomic E-state index is 13.9. The van der Waals surface area contributed by atoms with E-state index in [4.69, 9.17) is 0 Å². The number of benzene rings is 1. The van der Waals surface area contributed by atoms with Crippen molar-refractivity contribution < 1.29 is 9.18 Å². The van der Waals surface area contributed by atoms with Gasteiger partial charge < -0.3 is 10.6 Å². The molecule has 0 bridgehead atoms. The van der Waals surface area contributed by atoms with Gasteiger partial charge in [0.25, 0.3) is 0 Å². The van der Waals surface area contributed by atoms with E-state index in [1.54, 1.807) is 24.4 Å². The van der Waals surface area contributed by atoms with E-state index in [-0.39, 0.29) is 17.6 Å². The van der Waals surface area contributed by atoms with Gasteiger partial charge in [0.15, 0.2) is 0 Å². The lowest BCUT2D eigenvalue weighted by molar-refractivity contribution is -0.120. The third-order valence-electron chi connectivity index (χ3n) is 4.34. The summed E-state index contributed by atoms with van der Waals surface area (Å²) in [6.45, 7) is 4.76. The molecule has 1 aliphatic heterocycles. The third-order valence-corrected chi connectivity index (χ3v) is 4.34. The van der Waals surface area contributed by atoms with E-state index in [0.717, 1.165) is 19.4 Å². The lowest BCUT2D eigenvalue weighted by Crippen LogP contribution is -2.40. The molecule has 2 aromatic rings. The highest BCUT2D eigenvalue weighted by atomic mass is 19.1. The quantitative estimate of drug-likeness (QED) is 0.915. The van der Waals surface area contributed by atoms with Crippen molar-refractivity contribution in [3.63, 3.8) is 0 Å². The Labute approximate surface area is 134 Å². The number of carbonyl (C=O) groups excluding carboxylic acids is 1. The van der Waals surface area contributed by atoms with Crippen LogP contribution < -0.4 is 10.6 Å². The van der Waals surface area contributed by atoms with E-state index < -0.39 is 0 Å². The molecule has 1 amide bonds. The summed E-state index contributed by atoms with van der Waals surface area (Å²) in [6.07, 6.45) is 3.23. The summed E-state index contributed by atoms with van der Waals surface area (Å²) >= 11 is 0. The van der Waals surface area contributed by atoms with Crippen LogP contribution in [0.2, 0.25) is 0 Å². The molecule has 1 aromatic carbocycles. The second-order valence-electron chi connectivity index (χ2n) is 6.07. The van der Waals surface area contributed by atoms with Gasteiger partial charge in [-0.3, -0.25) is 4.79 Å². The highest BCUT2D eigenvalue weighted by molar-refractivity contribution is 5.93. The molecule has 0 radical (unpaired) electrons. The Hall–Kier alpha value is -2.21. The van der Waals surface area contributed by atoms with E-state index in [2.05, 4.69) is 22.7 Å². The van der Waals surface area contributed by atoms with Gasteiger partial charge in [-0.05, 0) is 45.4 Å². The lowest BCUT2D eigenvalue weighted by Gasteiger charge is -2.27. The van der Waals surface area contributed by atoms with Crippen LogP contribution in [0.1, 0.15) is 25.5 Å². The summed E-state index contributed by atoms with van der Waals surface area (Å²) in [4.78, 5) is 12.4. The van der Waals surface area contributed by atoms with Crippen LogP contribution in [-0.2, 0) is 4.79 Å². The number of aromatic nitrogens is 2. The van der Waals surface area contributed by atoms with Gasteiger partial charge in [-0.15, -0.1) is 0 Å². The average Bonchev–Trinajstić information content (AvgIpc) is 2.89. The molecular weight excluding hydrogens is 295 g/mol. The SMILES string of the molecule is Cc1c(NC(=O)[C@H]2CCN[C@@H](C)C2)cnn1-c1ccccc1F. The molecule has 0 unspecified atom stereocenters. The number of hydrogen-bond acceptors (Lipinski definition) is 3. The molecule has 1 aliphatic rings. The Bertz CT molecular complexity index is 712. The van der Waals surface area contributed by atoms with Crippen molar-refractivity contribution in [1.82, 2.24) is 15.1 Å². The fourth-order valence-corrected chi connectivity index (χ4v) is 3.00. The van der Waals surface area contributed by atoms with E-state index in [0.29, 0.717) is 23.1 Å². The lowest BCUT2D eigenvalue weighted by atomic mass is 9.92. The third kappa shape index (κ3) is 3.27. The van der Waals surface area contributed by atoms with Crippen molar-refractivity contribution in [3.8, 4) is 5.69 Å². The topological polar surface area (TPSA) is 59.0 Å². The normalized spacial score (nSPS) is 21.2. The number of piperidine rings is 1. The fraction of sp³-hybridized carbons (Fsp3) is 0.412. The van der Waals surface area contributed by atoms with Gasteiger partial charge in [0.05, 0.1) is 17.6 Å². The minimum atomic E-state index is -0.344. The van der Waals surface area contributed by atoms with Crippen LogP contribution >= 0.6 is 0 Å². The van der Waals surface area contributed by atoms with Crippen molar-refractivity contribution in [2.75, 3.05) is 11.9 Å². The number of para-hydroxylation sites is 1. The van der Waals surface area contributed by atoms with Crippen molar-refractivity contribution in [2.24, 2.45) is 5.92 Å². The Morgan fingerprint density at radius 1 is 1.43 bits per heavy atom. The van der Waals surface area contributed by atoms with Gasteiger partial charge in [0.2, 0.25) is 5.91 Å². The van der Waals surface area contributed by atoms with Crippen LogP contribution in [-0.4, -0.2) is 28.3 Å². The molecule has 5 nitrogen and oxygen atoms in total. The summed E-state index contributed by atoms with van der Waals surface area (Å²) in [7, 11) is 0. The van der Waals surface area contributed by atoms with Gasteiger partial charge in [-0.1, -0.05) is 12.1 Å². The molecule has 0 saturated carbocycles. The zero-order valence-electron chi connectivity index (χ0n) is 13.3. The number of rotatable bonds is 3. The van der Waals surface area contributed by atoms with E-state index in [1.165, 1.54) is 10.7 Å². The number of amides is 1. The van der Waals surface area contributed by atoms with Gasteiger partial charge in [0, 0.05) is 12.0 Å². The molecule has 1 aromatic heterocycles. The Morgan fingerprint density at radius 2 is 2.22 bits per heavy atom. The van der Waals surface area contributed by atoms with E-state index in [9.17, 15) is 9.18 Å². The maximum absolute atomic E-state index is 13.9. The maximum Gasteiger partial charge on any atom is 0.227 e.